The minimum atomic E-state index is -4.58. The molecule has 33 heavy (non-hydrogen) atoms. The average Bonchev–Trinajstić information content (AvgIpc) is 3.23. The highest BCUT2D eigenvalue weighted by Crippen LogP contribution is 2.50. The number of nitrogens with two attached hydrogens (primary N) is 1. The van der Waals surface area contributed by atoms with E-state index in [1.54, 1.807) is 12.1 Å². The number of anilines is 1. The highest BCUT2D eigenvalue weighted by Gasteiger charge is 2.53. The maximum absolute atomic E-state index is 12.9. The fourth-order valence-electron chi connectivity index (χ4n) is 5.19. The second kappa shape index (κ2) is 8.30. The second-order valence-electron chi connectivity index (χ2n) is 8.76. The fourth-order valence-corrected chi connectivity index (χ4v) is 5.19. The molecule has 2 aliphatic rings. The Morgan fingerprint density at radius 1 is 1.03 bits per heavy atom. The van der Waals surface area contributed by atoms with Gasteiger partial charge in [0.2, 0.25) is 11.6 Å². The Kier molecular flexibility index (Phi) is 5.78. The molecule has 4 N–H and O–H groups in total. The number of ketones is 2. The first-order valence-corrected chi connectivity index (χ1v) is 10.6. The lowest BCUT2D eigenvalue weighted by atomic mass is 9.66. The maximum atomic E-state index is 12.9. The van der Waals surface area contributed by atoms with Crippen LogP contribution in [0, 0.1) is 5.92 Å². The van der Waals surface area contributed by atoms with E-state index < -0.39 is 47.2 Å². The number of carboxylic acid groups (broad SMARTS) is 1. The van der Waals surface area contributed by atoms with Crippen molar-refractivity contribution in [1.29, 1.82) is 0 Å². The van der Waals surface area contributed by atoms with Crippen molar-refractivity contribution in [3.05, 3.63) is 65.2 Å². The molecule has 2 unspecified atom stereocenters. The summed E-state index contributed by atoms with van der Waals surface area (Å²) in [7, 11) is 0. The van der Waals surface area contributed by atoms with Gasteiger partial charge in [-0.25, -0.2) is 0 Å². The molecule has 6 nitrogen and oxygen atoms in total. The molecule has 1 heterocycles. The third-order valence-corrected chi connectivity index (χ3v) is 6.77. The van der Waals surface area contributed by atoms with Crippen LogP contribution in [0.5, 0.6) is 0 Å². The second-order valence-corrected chi connectivity index (χ2v) is 8.76. The number of carboxylic acids is 1. The standard InChI is InChI=1S/C24H23F3N2O4/c25-24(26,27)14-10-8-13(9-11-14)21(31)19(30)12-23(28,22(32)33)20-15-4-1-2-6-17(15)29-18-7-3-5-16(18)20/h1-2,4,6,8-11,16,18,20,29H,3,5,7,12,28H2,(H,32,33)/t16-,18+,20?,23?/m0/s1. The zero-order chi connectivity index (χ0) is 24.0. The van der Waals surface area contributed by atoms with E-state index in [1.807, 2.05) is 12.1 Å². The van der Waals surface area contributed by atoms with Crippen molar-refractivity contribution in [2.75, 3.05) is 5.32 Å². The highest BCUT2D eigenvalue weighted by molar-refractivity contribution is 6.44. The normalized spacial score (nSPS) is 23.6. The van der Waals surface area contributed by atoms with Crippen LogP contribution in [0.4, 0.5) is 18.9 Å². The number of Topliss-reactive ketones (excluding diaryl/α,β-unsaturated/α-hetero) is 2. The molecule has 0 saturated heterocycles. The van der Waals surface area contributed by atoms with Crippen molar-refractivity contribution in [2.24, 2.45) is 11.7 Å². The first kappa shape index (κ1) is 23.0. The lowest BCUT2D eigenvalue weighted by molar-refractivity contribution is -0.147. The third kappa shape index (κ3) is 4.13. The number of carbonyl (C=O) groups excluding carboxylic acids is 2. The van der Waals surface area contributed by atoms with Gasteiger partial charge in [-0.05, 0) is 42.5 Å². The summed E-state index contributed by atoms with van der Waals surface area (Å²) in [5, 5.41) is 13.6. The topological polar surface area (TPSA) is 109 Å². The molecule has 4 atom stereocenters. The Bertz CT molecular complexity index is 1100. The van der Waals surface area contributed by atoms with Crippen LogP contribution in [0.25, 0.3) is 0 Å². The number of para-hydroxylation sites is 1. The Labute approximate surface area is 188 Å². The van der Waals surface area contributed by atoms with E-state index in [4.69, 9.17) is 5.73 Å². The van der Waals surface area contributed by atoms with Crippen molar-refractivity contribution in [1.82, 2.24) is 0 Å². The van der Waals surface area contributed by atoms with Gasteiger partial charge in [0.25, 0.3) is 0 Å². The van der Waals surface area contributed by atoms with Crippen LogP contribution in [-0.2, 0) is 15.8 Å². The average molecular weight is 460 g/mol. The van der Waals surface area contributed by atoms with Gasteiger partial charge in [0, 0.05) is 29.6 Å². The van der Waals surface area contributed by atoms with E-state index in [9.17, 15) is 32.7 Å². The molecule has 2 aromatic carbocycles. The number of aliphatic carboxylic acids is 1. The van der Waals surface area contributed by atoms with Gasteiger partial charge in [0.05, 0.1) is 5.56 Å². The predicted octanol–water partition coefficient (Wildman–Crippen LogP) is 4.01. The molecule has 9 heteroatoms. The molecule has 174 valence electrons. The zero-order valence-electron chi connectivity index (χ0n) is 17.6. The molecule has 1 aliphatic carbocycles. The minimum absolute atomic E-state index is 0.00731. The molecule has 1 saturated carbocycles. The number of fused-ring (bicyclic) bond motifs is 2. The van der Waals surface area contributed by atoms with E-state index in [0.29, 0.717) is 17.7 Å². The van der Waals surface area contributed by atoms with Crippen LogP contribution in [-0.4, -0.2) is 34.2 Å². The predicted molar refractivity (Wildman–Crippen MR) is 114 cm³/mol. The lowest BCUT2D eigenvalue weighted by Gasteiger charge is -2.44. The Hall–Kier alpha value is -3.20. The van der Waals surface area contributed by atoms with Gasteiger partial charge in [0.15, 0.2) is 0 Å². The van der Waals surface area contributed by atoms with Gasteiger partial charge in [-0.2, -0.15) is 13.2 Å². The van der Waals surface area contributed by atoms with Crippen LogP contribution in [0.15, 0.2) is 48.5 Å². The first-order valence-electron chi connectivity index (χ1n) is 10.6. The van der Waals surface area contributed by atoms with Crippen LogP contribution >= 0.6 is 0 Å². The van der Waals surface area contributed by atoms with Gasteiger partial charge in [0.1, 0.15) is 5.54 Å². The van der Waals surface area contributed by atoms with Gasteiger partial charge < -0.3 is 16.2 Å². The summed E-state index contributed by atoms with van der Waals surface area (Å²) in [6.07, 6.45) is -2.90. The smallest absolute Gasteiger partial charge is 0.416 e. The molecule has 0 amide bonds. The molecular formula is C24H23F3N2O4. The summed E-state index contributed by atoms with van der Waals surface area (Å²) in [5.41, 5.74) is 4.62. The summed E-state index contributed by atoms with van der Waals surface area (Å²) < 4.78 is 38.4. The van der Waals surface area contributed by atoms with Crippen LogP contribution in [0.1, 0.15) is 53.1 Å². The number of alkyl halides is 3. The molecule has 0 spiro atoms. The largest absolute Gasteiger partial charge is 0.480 e. The summed E-state index contributed by atoms with van der Waals surface area (Å²) in [5.74, 6) is -4.35. The number of halogens is 3. The van der Waals surface area contributed by atoms with E-state index in [0.717, 1.165) is 37.1 Å². The van der Waals surface area contributed by atoms with Crippen LogP contribution in [0.3, 0.4) is 0 Å². The number of carbonyl (C=O) groups is 3. The fraction of sp³-hybridized carbons (Fsp3) is 0.375. The Morgan fingerprint density at radius 3 is 2.33 bits per heavy atom. The summed E-state index contributed by atoms with van der Waals surface area (Å²) in [6.45, 7) is 0. The summed E-state index contributed by atoms with van der Waals surface area (Å²) in [6, 6.07) is 10.4. The third-order valence-electron chi connectivity index (χ3n) is 6.77. The van der Waals surface area contributed by atoms with Gasteiger partial charge in [-0.1, -0.05) is 36.8 Å². The monoisotopic (exact) mass is 460 g/mol. The van der Waals surface area contributed by atoms with Crippen molar-refractivity contribution < 1.29 is 32.7 Å². The number of nitrogens with one attached hydrogen (secondary N) is 1. The summed E-state index contributed by atoms with van der Waals surface area (Å²) >= 11 is 0. The molecule has 0 radical (unpaired) electrons. The number of hydrogen-bond acceptors (Lipinski definition) is 5. The molecule has 2 aromatic rings. The molecule has 0 aromatic heterocycles. The van der Waals surface area contributed by atoms with Crippen LogP contribution < -0.4 is 11.1 Å². The maximum Gasteiger partial charge on any atom is 0.416 e. The van der Waals surface area contributed by atoms with E-state index in [1.165, 1.54) is 0 Å². The van der Waals surface area contributed by atoms with Crippen LogP contribution in [0.2, 0.25) is 0 Å². The van der Waals surface area contributed by atoms with Gasteiger partial charge in [-0.3, -0.25) is 14.4 Å². The quantitative estimate of drug-likeness (QED) is 0.444. The Balaban J connectivity index is 1.65. The summed E-state index contributed by atoms with van der Waals surface area (Å²) in [4.78, 5) is 38.0. The zero-order valence-corrected chi connectivity index (χ0v) is 17.6. The SMILES string of the molecule is NC(CC(=O)C(=O)c1ccc(C(F)(F)F)cc1)(C(=O)O)C1c2ccccc2N[C@@H]2CCC[C@H]12. The lowest BCUT2D eigenvalue weighted by Crippen LogP contribution is -2.59. The van der Waals surface area contributed by atoms with Crippen molar-refractivity contribution in [2.45, 2.75) is 49.4 Å². The number of benzene rings is 2. The first-order chi connectivity index (χ1) is 15.5. The van der Waals surface area contributed by atoms with Gasteiger partial charge >= 0.3 is 12.1 Å². The number of hydrogen-bond donors (Lipinski definition) is 3. The van der Waals surface area contributed by atoms with E-state index >= 15 is 0 Å². The van der Waals surface area contributed by atoms with Gasteiger partial charge in [-0.15, -0.1) is 0 Å². The minimum Gasteiger partial charge on any atom is -0.480 e. The molecule has 1 fully saturated rings. The van der Waals surface area contributed by atoms with Crippen molar-refractivity contribution in [3.8, 4) is 0 Å². The van der Waals surface area contributed by atoms with E-state index in [2.05, 4.69) is 5.32 Å². The van der Waals surface area contributed by atoms with Crippen molar-refractivity contribution >= 4 is 23.2 Å². The molecular weight excluding hydrogens is 437 g/mol. The Morgan fingerprint density at radius 2 is 1.70 bits per heavy atom. The van der Waals surface area contributed by atoms with E-state index in [-0.39, 0.29) is 17.5 Å². The molecule has 1 aliphatic heterocycles. The molecule has 4 rings (SSSR count). The highest BCUT2D eigenvalue weighted by atomic mass is 19.4. The molecule has 0 bridgehead atoms. The van der Waals surface area contributed by atoms with Crippen molar-refractivity contribution in [3.63, 3.8) is 0 Å². The number of rotatable bonds is 6.